The lowest BCUT2D eigenvalue weighted by Gasteiger charge is -2.29. The molecule has 1 unspecified atom stereocenters. The molecule has 6 nitrogen and oxygen atoms in total. The molecule has 0 aliphatic rings. The number of hydrogen-bond donors (Lipinski definition) is 2. The Balaban J connectivity index is 1.67. The van der Waals surface area contributed by atoms with Crippen molar-refractivity contribution in [3.8, 4) is 5.75 Å². The zero-order chi connectivity index (χ0) is 22.7. The van der Waals surface area contributed by atoms with Crippen LogP contribution in [0.3, 0.4) is 0 Å². The van der Waals surface area contributed by atoms with Gasteiger partial charge in [0.25, 0.3) is 10.9 Å². The summed E-state index contributed by atoms with van der Waals surface area (Å²) in [6.07, 6.45) is 0. The average Bonchev–Trinajstić information content (AvgIpc) is 2.85. The maximum absolute atomic E-state index is 11.8. The van der Waals surface area contributed by atoms with Crippen molar-refractivity contribution in [2.45, 2.75) is 12.8 Å². The van der Waals surface area contributed by atoms with E-state index in [0.29, 0.717) is 5.69 Å². The van der Waals surface area contributed by atoms with Crippen LogP contribution in [0.2, 0.25) is 0 Å². The molecule has 4 rings (SSSR count). The molecule has 0 heterocycles. The van der Waals surface area contributed by atoms with Crippen molar-refractivity contribution in [2.24, 2.45) is 0 Å². The van der Waals surface area contributed by atoms with Gasteiger partial charge in [0.15, 0.2) is 0 Å². The van der Waals surface area contributed by atoms with Gasteiger partial charge in [-0.15, -0.1) is 0 Å². The van der Waals surface area contributed by atoms with Crippen LogP contribution in [0, 0.1) is 0 Å². The molecule has 0 saturated heterocycles. The van der Waals surface area contributed by atoms with Gasteiger partial charge in [0, 0.05) is 23.6 Å². The van der Waals surface area contributed by atoms with Crippen LogP contribution < -0.4 is 31.5 Å². The standard InChI is InChI=1S/C26H25N3O3/c1-17(18-7-4-3-5-8-18)16-29(20-11-13-22(32-2)14-12-20)21-10-6-9-19(15-21)28-24-23(27)25(30)26(24)31/h3-15,17,28H,16,27H2,1-2H3. The van der Waals surface area contributed by atoms with Crippen LogP contribution in [0.5, 0.6) is 5.75 Å². The van der Waals surface area contributed by atoms with Gasteiger partial charge in [-0.25, -0.2) is 0 Å². The Morgan fingerprint density at radius 2 is 1.62 bits per heavy atom. The Hall–Kier alpha value is -4.06. The van der Waals surface area contributed by atoms with Gasteiger partial charge >= 0.3 is 0 Å². The molecule has 0 bridgehead atoms. The van der Waals surface area contributed by atoms with Crippen LogP contribution in [-0.4, -0.2) is 13.7 Å². The Morgan fingerprint density at radius 3 is 2.28 bits per heavy atom. The van der Waals surface area contributed by atoms with Crippen molar-refractivity contribution < 1.29 is 4.74 Å². The summed E-state index contributed by atoms with van der Waals surface area (Å²) in [6.45, 7) is 2.93. The normalized spacial score (nSPS) is 11.8. The van der Waals surface area contributed by atoms with Crippen LogP contribution in [0.4, 0.5) is 28.4 Å². The summed E-state index contributed by atoms with van der Waals surface area (Å²) in [5.41, 5.74) is 8.47. The molecule has 0 spiro atoms. The predicted octanol–water partition coefficient (Wildman–Crippen LogP) is 4.56. The minimum Gasteiger partial charge on any atom is -0.497 e. The first-order valence-electron chi connectivity index (χ1n) is 10.4. The summed E-state index contributed by atoms with van der Waals surface area (Å²) in [7, 11) is 1.65. The molecule has 1 atom stereocenters. The molecule has 4 aromatic carbocycles. The highest BCUT2D eigenvalue weighted by molar-refractivity contribution is 5.78. The van der Waals surface area contributed by atoms with Crippen LogP contribution in [-0.2, 0) is 0 Å². The third-order valence-corrected chi connectivity index (χ3v) is 5.58. The summed E-state index contributed by atoms with van der Waals surface area (Å²) < 4.78 is 5.31. The molecule has 0 aromatic heterocycles. The van der Waals surface area contributed by atoms with Crippen LogP contribution in [0.15, 0.2) is 88.5 Å². The molecule has 162 valence electrons. The van der Waals surface area contributed by atoms with E-state index in [1.54, 1.807) is 7.11 Å². The molecule has 32 heavy (non-hydrogen) atoms. The minimum absolute atomic E-state index is 0.0230. The molecule has 6 heteroatoms. The molecule has 0 aliphatic heterocycles. The highest BCUT2D eigenvalue weighted by Crippen LogP contribution is 2.32. The molecule has 3 N–H and O–H groups in total. The van der Waals surface area contributed by atoms with Crippen molar-refractivity contribution >= 4 is 28.4 Å². The Morgan fingerprint density at radius 1 is 0.906 bits per heavy atom. The molecule has 0 amide bonds. The Labute approximate surface area is 186 Å². The highest BCUT2D eigenvalue weighted by Gasteiger charge is 2.19. The number of ether oxygens (including phenoxy) is 1. The number of nitrogen functional groups attached to an aromatic ring is 1. The van der Waals surface area contributed by atoms with Crippen LogP contribution in [0.25, 0.3) is 0 Å². The fourth-order valence-corrected chi connectivity index (χ4v) is 3.71. The molecular formula is C26H25N3O3. The topological polar surface area (TPSA) is 84.7 Å². The number of anilines is 5. The van der Waals surface area contributed by atoms with Gasteiger partial charge in [-0.3, -0.25) is 9.59 Å². The van der Waals surface area contributed by atoms with E-state index in [4.69, 9.17) is 10.5 Å². The number of rotatable bonds is 8. The van der Waals surface area contributed by atoms with Gasteiger partial charge in [0.2, 0.25) is 0 Å². The first-order valence-corrected chi connectivity index (χ1v) is 10.4. The van der Waals surface area contributed by atoms with Gasteiger partial charge in [0.1, 0.15) is 17.1 Å². The van der Waals surface area contributed by atoms with Crippen molar-refractivity contribution in [3.63, 3.8) is 0 Å². The van der Waals surface area contributed by atoms with E-state index < -0.39 is 10.9 Å². The summed E-state index contributed by atoms with van der Waals surface area (Å²) in [4.78, 5) is 25.5. The van der Waals surface area contributed by atoms with Crippen molar-refractivity contribution in [2.75, 3.05) is 29.6 Å². The maximum Gasteiger partial charge on any atom is 0.253 e. The number of nitrogens with two attached hydrogens (primary N) is 1. The third kappa shape index (κ3) is 4.21. The van der Waals surface area contributed by atoms with E-state index in [1.165, 1.54) is 5.56 Å². The quantitative estimate of drug-likeness (QED) is 0.401. The van der Waals surface area contributed by atoms with Crippen LogP contribution in [0.1, 0.15) is 18.4 Å². The fraction of sp³-hybridized carbons (Fsp3) is 0.154. The van der Waals surface area contributed by atoms with E-state index in [1.807, 2.05) is 66.7 Å². The number of hydrogen-bond acceptors (Lipinski definition) is 6. The van der Waals surface area contributed by atoms with Gasteiger partial charge in [-0.1, -0.05) is 43.3 Å². The molecule has 0 radical (unpaired) electrons. The molecule has 0 aliphatic carbocycles. The smallest absolute Gasteiger partial charge is 0.253 e. The lowest BCUT2D eigenvalue weighted by Crippen LogP contribution is -2.36. The number of nitrogens with zero attached hydrogens (tertiary/aromatic N) is 1. The van der Waals surface area contributed by atoms with Gasteiger partial charge in [0.05, 0.1) is 7.11 Å². The molecule has 0 saturated carbocycles. The third-order valence-electron chi connectivity index (χ3n) is 5.58. The van der Waals surface area contributed by atoms with Gasteiger partial charge < -0.3 is 20.7 Å². The van der Waals surface area contributed by atoms with E-state index in [-0.39, 0.29) is 17.3 Å². The largest absolute Gasteiger partial charge is 0.497 e. The number of benzene rings is 3. The van der Waals surface area contributed by atoms with Gasteiger partial charge in [-0.05, 0) is 53.9 Å². The number of methoxy groups -OCH3 is 1. The first-order chi connectivity index (χ1) is 15.5. The maximum atomic E-state index is 11.8. The van der Waals surface area contributed by atoms with E-state index in [9.17, 15) is 9.59 Å². The van der Waals surface area contributed by atoms with E-state index >= 15 is 0 Å². The zero-order valence-corrected chi connectivity index (χ0v) is 18.0. The van der Waals surface area contributed by atoms with E-state index in [2.05, 4.69) is 29.3 Å². The van der Waals surface area contributed by atoms with Gasteiger partial charge in [-0.2, -0.15) is 0 Å². The Kier molecular flexibility index (Phi) is 5.94. The van der Waals surface area contributed by atoms with Crippen molar-refractivity contribution in [1.82, 2.24) is 0 Å². The molecule has 0 fully saturated rings. The second-order valence-electron chi connectivity index (χ2n) is 7.74. The van der Waals surface area contributed by atoms with Crippen molar-refractivity contribution in [3.05, 3.63) is 105 Å². The molecule has 4 aromatic rings. The lowest BCUT2D eigenvalue weighted by atomic mass is 10.00. The molecular weight excluding hydrogens is 402 g/mol. The summed E-state index contributed by atoms with van der Waals surface area (Å²) >= 11 is 0. The summed E-state index contributed by atoms with van der Waals surface area (Å²) in [5, 5.41) is 3.00. The second-order valence-corrected chi connectivity index (χ2v) is 7.74. The van der Waals surface area contributed by atoms with Crippen LogP contribution >= 0.6 is 0 Å². The van der Waals surface area contributed by atoms with Crippen molar-refractivity contribution in [1.29, 1.82) is 0 Å². The summed E-state index contributed by atoms with van der Waals surface area (Å²) in [6, 6.07) is 26.0. The minimum atomic E-state index is -0.639. The highest BCUT2D eigenvalue weighted by atomic mass is 16.5. The first kappa shape index (κ1) is 21.2. The lowest BCUT2D eigenvalue weighted by molar-refractivity contribution is 0.415. The second kappa shape index (κ2) is 8.98. The average molecular weight is 428 g/mol. The SMILES string of the molecule is COc1ccc(N(CC(C)c2ccccc2)c2cccc(Nc3c(N)c(=O)c3=O)c2)cc1. The monoisotopic (exact) mass is 427 g/mol. The fourth-order valence-electron chi connectivity index (χ4n) is 3.71. The number of nitrogens with one attached hydrogen (secondary N) is 1. The Bertz CT molecular complexity index is 1280. The van der Waals surface area contributed by atoms with E-state index in [0.717, 1.165) is 23.7 Å². The summed E-state index contributed by atoms with van der Waals surface area (Å²) in [5.74, 6) is 1.05. The zero-order valence-electron chi connectivity index (χ0n) is 18.0. The predicted molar refractivity (Wildman–Crippen MR) is 130 cm³/mol.